The van der Waals surface area contributed by atoms with E-state index in [0.717, 1.165) is 31.4 Å². The summed E-state index contributed by atoms with van der Waals surface area (Å²) in [5.74, 6) is 0.349. The minimum Gasteiger partial charge on any atom is -0.507 e. The van der Waals surface area contributed by atoms with Crippen molar-refractivity contribution in [3.63, 3.8) is 0 Å². The van der Waals surface area contributed by atoms with Crippen molar-refractivity contribution < 1.29 is 5.11 Å². The summed E-state index contributed by atoms with van der Waals surface area (Å²) < 4.78 is 2.13. The molecule has 0 radical (unpaired) electrons. The van der Waals surface area contributed by atoms with Crippen LogP contribution in [0.15, 0.2) is 30.3 Å². The molecule has 0 aliphatic rings. The van der Waals surface area contributed by atoms with E-state index in [1.165, 1.54) is 0 Å². The number of hydrogen-bond acceptors (Lipinski definition) is 3. The highest BCUT2D eigenvalue weighted by Crippen LogP contribution is 2.43. The molecule has 0 fully saturated rings. The highest BCUT2D eigenvalue weighted by atomic mass is 32.1. The van der Waals surface area contributed by atoms with Crippen molar-refractivity contribution in [1.82, 2.24) is 0 Å². The molecule has 0 aliphatic carbocycles. The molecular weight excluding hydrogens is 218 g/mol. The van der Waals surface area contributed by atoms with Gasteiger partial charge in [0.15, 0.2) is 0 Å². The monoisotopic (exact) mass is 229 g/mol. The van der Waals surface area contributed by atoms with Crippen molar-refractivity contribution in [2.45, 2.75) is 6.92 Å². The van der Waals surface area contributed by atoms with Gasteiger partial charge in [0.25, 0.3) is 0 Å². The van der Waals surface area contributed by atoms with E-state index in [2.05, 4.69) is 0 Å². The summed E-state index contributed by atoms with van der Waals surface area (Å²) in [6.45, 7) is 1.87. The van der Waals surface area contributed by atoms with Crippen LogP contribution in [0.4, 0.5) is 5.69 Å². The van der Waals surface area contributed by atoms with Gasteiger partial charge in [-0.2, -0.15) is 0 Å². The van der Waals surface area contributed by atoms with E-state index in [9.17, 15) is 5.11 Å². The molecule has 0 atom stereocenters. The van der Waals surface area contributed by atoms with Crippen molar-refractivity contribution in [2.75, 3.05) is 5.73 Å². The second-order valence-corrected chi connectivity index (χ2v) is 4.99. The van der Waals surface area contributed by atoms with E-state index < -0.39 is 0 Å². The molecule has 16 heavy (non-hydrogen) atoms. The number of hydrogen-bond donors (Lipinski definition) is 2. The lowest BCUT2D eigenvalue weighted by atomic mass is 10.1. The normalized spacial score (nSPS) is 11.3. The van der Waals surface area contributed by atoms with E-state index in [1.54, 1.807) is 11.3 Å². The molecule has 1 heterocycles. The molecule has 1 aromatic heterocycles. The van der Waals surface area contributed by atoms with Crippen molar-refractivity contribution >= 4 is 37.2 Å². The van der Waals surface area contributed by atoms with Crippen LogP contribution < -0.4 is 5.73 Å². The highest BCUT2D eigenvalue weighted by Gasteiger charge is 2.13. The molecule has 0 saturated carbocycles. The third-order valence-electron chi connectivity index (χ3n) is 2.84. The average molecular weight is 229 g/mol. The third kappa shape index (κ3) is 1.12. The summed E-state index contributed by atoms with van der Waals surface area (Å²) in [5, 5.41) is 12.1. The maximum absolute atomic E-state index is 10.1. The Labute approximate surface area is 96.9 Å². The van der Waals surface area contributed by atoms with Gasteiger partial charge in [0.1, 0.15) is 5.75 Å². The zero-order valence-corrected chi connectivity index (χ0v) is 9.64. The van der Waals surface area contributed by atoms with Gasteiger partial charge in [0.05, 0.1) is 10.4 Å². The Kier molecular flexibility index (Phi) is 1.85. The summed E-state index contributed by atoms with van der Waals surface area (Å²) >= 11 is 1.63. The van der Waals surface area contributed by atoms with Crippen LogP contribution in [-0.4, -0.2) is 5.11 Å². The van der Waals surface area contributed by atoms with Crippen molar-refractivity contribution in [3.05, 3.63) is 35.9 Å². The maximum Gasteiger partial charge on any atom is 0.127 e. The lowest BCUT2D eigenvalue weighted by Crippen LogP contribution is -1.86. The zero-order chi connectivity index (χ0) is 11.3. The smallest absolute Gasteiger partial charge is 0.127 e. The molecule has 0 saturated heterocycles. The first-order valence-corrected chi connectivity index (χ1v) is 5.89. The van der Waals surface area contributed by atoms with Crippen LogP contribution >= 0.6 is 11.3 Å². The second kappa shape index (κ2) is 3.12. The summed E-state index contributed by atoms with van der Waals surface area (Å²) in [6.07, 6.45) is 0. The maximum atomic E-state index is 10.1. The SMILES string of the molecule is Cc1cc(N)c2sc3ccccc3c2c1O. The average Bonchev–Trinajstić information content (AvgIpc) is 2.66. The van der Waals surface area contributed by atoms with E-state index in [-0.39, 0.29) is 0 Å². The molecule has 3 aromatic rings. The molecular formula is C13H11NOS. The molecule has 2 aromatic carbocycles. The largest absolute Gasteiger partial charge is 0.507 e. The number of anilines is 1. The van der Waals surface area contributed by atoms with Gasteiger partial charge < -0.3 is 10.8 Å². The first-order chi connectivity index (χ1) is 7.68. The summed E-state index contributed by atoms with van der Waals surface area (Å²) in [7, 11) is 0. The number of aromatic hydroxyl groups is 1. The number of thiophene rings is 1. The van der Waals surface area contributed by atoms with Crippen LogP contribution in [0.2, 0.25) is 0 Å². The fourth-order valence-electron chi connectivity index (χ4n) is 2.05. The highest BCUT2D eigenvalue weighted by molar-refractivity contribution is 7.26. The van der Waals surface area contributed by atoms with Gasteiger partial charge in [0.2, 0.25) is 0 Å². The number of nitrogen functional groups attached to an aromatic ring is 1. The number of fused-ring (bicyclic) bond motifs is 3. The van der Waals surface area contributed by atoms with Crippen molar-refractivity contribution in [3.8, 4) is 5.75 Å². The fourth-order valence-corrected chi connectivity index (χ4v) is 3.18. The van der Waals surface area contributed by atoms with E-state index in [0.29, 0.717) is 5.75 Å². The quantitative estimate of drug-likeness (QED) is 0.456. The van der Waals surface area contributed by atoms with Crippen LogP contribution in [-0.2, 0) is 0 Å². The van der Waals surface area contributed by atoms with Gasteiger partial charge >= 0.3 is 0 Å². The number of phenolic OH excluding ortho intramolecular Hbond substituents is 1. The van der Waals surface area contributed by atoms with Gasteiger partial charge in [-0.25, -0.2) is 0 Å². The Balaban J connectivity index is 2.66. The fraction of sp³-hybridized carbons (Fsp3) is 0.0769. The van der Waals surface area contributed by atoms with E-state index in [1.807, 2.05) is 37.3 Å². The standard InChI is InChI=1S/C13H11NOS/c1-7-6-9(14)13-11(12(7)15)8-4-2-3-5-10(8)16-13/h2-6,15H,14H2,1H3. The van der Waals surface area contributed by atoms with Crippen LogP contribution in [0.5, 0.6) is 5.75 Å². The molecule has 0 unspecified atom stereocenters. The number of rotatable bonds is 0. The molecule has 3 rings (SSSR count). The number of benzene rings is 2. The Morgan fingerprint density at radius 2 is 2.00 bits per heavy atom. The molecule has 0 aliphatic heterocycles. The molecule has 3 N–H and O–H groups in total. The first kappa shape index (κ1) is 9.48. The Morgan fingerprint density at radius 3 is 2.81 bits per heavy atom. The molecule has 0 spiro atoms. The Morgan fingerprint density at radius 1 is 1.25 bits per heavy atom. The van der Waals surface area contributed by atoms with Crippen molar-refractivity contribution in [2.24, 2.45) is 0 Å². The Hall–Kier alpha value is -1.74. The van der Waals surface area contributed by atoms with Gasteiger partial charge in [0, 0.05) is 15.5 Å². The van der Waals surface area contributed by atoms with Crippen LogP contribution in [0.3, 0.4) is 0 Å². The predicted octanol–water partition coefficient (Wildman–Crippen LogP) is 3.65. The zero-order valence-electron chi connectivity index (χ0n) is 8.82. The minimum atomic E-state index is 0.349. The minimum absolute atomic E-state index is 0.349. The predicted molar refractivity (Wildman–Crippen MR) is 70.1 cm³/mol. The lowest BCUT2D eigenvalue weighted by Gasteiger charge is -2.03. The second-order valence-electron chi connectivity index (χ2n) is 3.93. The number of aryl methyl sites for hydroxylation is 1. The molecule has 80 valence electrons. The molecule has 0 bridgehead atoms. The third-order valence-corrected chi connectivity index (χ3v) is 4.06. The molecule has 3 heteroatoms. The van der Waals surface area contributed by atoms with Gasteiger partial charge in [-0.05, 0) is 24.6 Å². The van der Waals surface area contributed by atoms with Crippen molar-refractivity contribution in [1.29, 1.82) is 0 Å². The molecule has 0 amide bonds. The summed E-state index contributed by atoms with van der Waals surface area (Å²) in [4.78, 5) is 0. The number of phenols is 1. The summed E-state index contributed by atoms with van der Waals surface area (Å²) in [5.41, 5.74) is 7.56. The van der Waals surface area contributed by atoms with Crippen LogP contribution in [0.1, 0.15) is 5.56 Å². The number of nitrogens with two attached hydrogens (primary N) is 1. The summed E-state index contributed by atoms with van der Waals surface area (Å²) in [6, 6.07) is 9.87. The Bertz CT molecular complexity index is 700. The first-order valence-electron chi connectivity index (χ1n) is 5.08. The topological polar surface area (TPSA) is 46.2 Å². The van der Waals surface area contributed by atoms with E-state index in [4.69, 9.17) is 5.73 Å². The van der Waals surface area contributed by atoms with Gasteiger partial charge in [-0.3, -0.25) is 0 Å². The van der Waals surface area contributed by atoms with Gasteiger partial charge in [-0.1, -0.05) is 18.2 Å². The molecule has 2 nitrogen and oxygen atoms in total. The van der Waals surface area contributed by atoms with Crippen LogP contribution in [0, 0.1) is 6.92 Å². The lowest BCUT2D eigenvalue weighted by molar-refractivity contribution is 0.478. The van der Waals surface area contributed by atoms with Gasteiger partial charge in [-0.15, -0.1) is 11.3 Å². The van der Waals surface area contributed by atoms with E-state index >= 15 is 0 Å². The van der Waals surface area contributed by atoms with Crippen LogP contribution in [0.25, 0.3) is 20.2 Å².